The normalized spacial score (nSPS) is 11.0. The second-order valence-electron chi connectivity index (χ2n) is 7.48. The molecule has 2 aromatic carbocycles. The summed E-state index contributed by atoms with van der Waals surface area (Å²) in [5, 5.41) is 17.8. The highest BCUT2D eigenvalue weighted by atomic mass is 16.6. The molecule has 7 nitrogen and oxygen atoms in total. The Hall–Kier alpha value is -3.48. The number of rotatable bonds is 7. The van der Waals surface area contributed by atoms with Crippen molar-refractivity contribution in [1.82, 2.24) is 9.97 Å². The lowest BCUT2D eigenvalue weighted by atomic mass is 10.0. The van der Waals surface area contributed by atoms with Crippen molar-refractivity contribution in [2.45, 2.75) is 39.5 Å². The minimum absolute atomic E-state index is 0.142. The van der Waals surface area contributed by atoms with Crippen molar-refractivity contribution in [2.75, 3.05) is 10.6 Å². The fourth-order valence-electron chi connectivity index (χ4n) is 2.91. The summed E-state index contributed by atoms with van der Waals surface area (Å²) < 4.78 is 0. The molecule has 3 aromatic rings. The molecule has 0 bridgehead atoms. The van der Waals surface area contributed by atoms with E-state index < -0.39 is 4.92 Å². The van der Waals surface area contributed by atoms with Crippen molar-refractivity contribution in [1.29, 1.82) is 0 Å². The first-order valence-electron chi connectivity index (χ1n) is 9.58. The van der Waals surface area contributed by atoms with E-state index in [9.17, 15) is 10.1 Å². The molecular formula is C22H25N5O2. The van der Waals surface area contributed by atoms with E-state index in [-0.39, 0.29) is 17.3 Å². The van der Waals surface area contributed by atoms with Crippen molar-refractivity contribution in [3.05, 3.63) is 76.1 Å². The van der Waals surface area contributed by atoms with Crippen LogP contribution in [0.3, 0.4) is 0 Å². The largest absolute Gasteiger partial charge is 0.353 e. The highest BCUT2D eigenvalue weighted by Gasteiger charge is 2.23. The summed E-state index contributed by atoms with van der Waals surface area (Å²) in [5.74, 6) is 1.11. The zero-order valence-electron chi connectivity index (χ0n) is 17.0. The molecule has 3 rings (SSSR count). The fraction of sp³-hybridized carbons (Fsp3) is 0.273. The molecule has 0 unspecified atom stereocenters. The number of hydrogen-bond donors (Lipinski definition) is 2. The Morgan fingerprint density at radius 2 is 1.14 bits per heavy atom. The third kappa shape index (κ3) is 4.87. The maximum atomic E-state index is 11.8. The maximum Gasteiger partial charge on any atom is 0.353 e. The lowest BCUT2D eigenvalue weighted by Crippen LogP contribution is -2.05. The topological polar surface area (TPSA) is 93.0 Å². The molecule has 1 aromatic heterocycles. The average Bonchev–Trinajstić information content (AvgIpc) is 2.68. The van der Waals surface area contributed by atoms with E-state index in [1.807, 2.05) is 48.5 Å². The third-order valence-corrected chi connectivity index (χ3v) is 4.69. The fourth-order valence-corrected chi connectivity index (χ4v) is 2.91. The molecule has 7 heteroatoms. The smallest absolute Gasteiger partial charge is 0.334 e. The molecule has 2 N–H and O–H groups in total. The molecule has 0 atom stereocenters. The van der Waals surface area contributed by atoms with Gasteiger partial charge in [0.2, 0.25) is 11.6 Å². The van der Waals surface area contributed by atoms with Gasteiger partial charge in [-0.3, -0.25) is 10.1 Å². The summed E-state index contributed by atoms with van der Waals surface area (Å²) in [7, 11) is 0. The second-order valence-corrected chi connectivity index (χ2v) is 7.48. The Kier molecular flexibility index (Phi) is 6.07. The van der Waals surface area contributed by atoms with Crippen LogP contribution in [-0.2, 0) is 0 Å². The van der Waals surface area contributed by atoms with Crippen LogP contribution >= 0.6 is 0 Å². The minimum atomic E-state index is -0.477. The highest BCUT2D eigenvalue weighted by molar-refractivity contribution is 5.76. The van der Waals surface area contributed by atoms with Gasteiger partial charge in [-0.2, -0.15) is 0 Å². The number of nitro groups is 1. The van der Waals surface area contributed by atoms with E-state index in [1.54, 1.807) is 0 Å². The molecule has 0 aliphatic rings. The predicted octanol–water partition coefficient (Wildman–Crippen LogP) is 6.12. The number of benzene rings is 2. The number of aromatic nitrogens is 2. The van der Waals surface area contributed by atoms with Gasteiger partial charge >= 0.3 is 5.69 Å². The van der Waals surface area contributed by atoms with Crippen LogP contribution in [0, 0.1) is 10.1 Å². The van der Waals surface area contributed by atoms with Gasteiger partial charge in [-0.25, -0.2) is 9.97 Å². The molecular weight excluding hydrogens is 366 g/mol. The molecule has 0 spiro atoms. The summed E-state index contributed by atoms with van der Waals surface area (Å²) >= 11 is 0. The lowest BCUT2D eigenvalue weighted by molar-refractivity contribution is -0.383. The Balaban J connectivity index is 1.88. The zero-order valence-corrected chi connectivity index (χ0v) is 17.0. The summed E-state index contributed by atoms with van der Waals surface area (Å²) in [6.07, 6.45) is 1.31. The Bertz CT molecular complexity index is 911. The van der Waals surface area contributed by atoms with E-state index in [0.717, 1.165) is 11.4 Å². The van der Waals surface area contributed by atoms with E-state index in [2.05, 4.69) is 48.3 Å². The van der Waals surface area contributed by atoms with Gasteiger partial charge in [-0.05, 0) is 47.2 Å². The van der Waals surface area contributed by atoms with E-state index in [1.165, 1.54) is 17.5 Å². The van der Waals surface area contributed by atoms with Crippen molar-refractivity contribution in [3.63, 3.8) is 0 Å². The van der Waals surface area contributed by atoms with Gasteiger partial charge in [-0.15, -0.1) is 0 Å². The van der Waals surface area contributed by atoms with Gasteiger partial charge in [0.25, 0.3) is 0 Å². The quantitative estimate of drug-likeness (QED) is 0.372. The molecule has 150 valence electrons. The van der Waals surface area contributed by atoms with Crippen LogP contribution in [0.4, 0.5) is 28.7 Å². The first kappa shape index (κ1) is 20.3. The van der Waals surface area contributed by atoms with Gasteiger partial charge in [0.05, 0.1) is 4.92 Å². The Labute approximate surface area is 170 Å². The minimum Gasteiger partial charge on any atom is -0.334 e. The number of nitrogens with zero attached hydrogens (tertiary/aromatic N) is 3. The lowest BCUT2D eigenvalue weighted by Gasteiger charge is -2.12. The molecule has 29 heavy (non-hydrogen) atoms. The molecule has 0 aliphatic carbocycles. The van der Waals surface area contributed by atoms with Crippen molar-refractivity contribution in [3.8, 4) is 0 Å². The van der Waals surface area contributed by atoms with Crippen molar-refractivity contribution >= 4 is 28.7 Å². The van der Waals surface area contributed by atoms with Crippen LogP contribution in [0.2, 0.25) is 0 Å². The van der Waals surface area contributed by atoms with E-state index in [4.69, 9.17) is 0 Å². The van der Waals surface area contributed by atoms with Gasteiger partial charge < -0.3 is 10.6 Å². The zero-order chi connectivity index (χ0) is 21.0. The molecule has 1 heterocycles. The molecule has 0 aliphatic heterocycles. The summed E-state index contributed by atoms with van der Waals surface area (Å²) in [6.45, 7) is 8.46. The summed E-state index contributed by atoms with van der Waals surface area (Å²) in [4.78, 5) is 19.5. The van der Waals surface area contributed by atoms with E-state index >= 15 is 0 Å². The first-order chi connectivity index (χ1) is 13.8. The molecule has 0 amide bonds. The van der Waals surface area contributed by atoms with Crippen LogP contribution in [0.15, 0.2) is 54.9 Å². The Morgan fingerprint density at radius 3 is 1.45 bits per heavy atom. The summed E-state index contributed by atoms with van der Waals surface area (Å²) in [5.41, 5.74) is 3.64. The second kappa shape index (κ2) is 8.68. The maximum absolute atomic E-state index is 11.8. The van der Waals surface area contributed by atoms with Crippen molar-refractivity contribution < 1.29 is 4.92 Å². The summed E-state index contributed by atoms with van der Waals surface area (Å²) in [6, 6.07) is 15.5. The highest BCUT2D eigenvalue weighted by Crippen LogP contribution is 2.33. The van der Waals surface area contributed by atoms with Crippen LogP contribution in [-0.4, -0.2) is 14.9 Å². The van der Waals surface area contributed by atoms with Gasteiger partial charge in [-0.1, -0.05) is 52.0 Å². The average molecular weight is 391 g/mol. The van der Waals surface area contributed by atoms with E-state index in [0.29, 0.717) is 11.8 Å². The van der Waals surface area contributed by atoms with Gasteiger partial charge in [0.1, 0.15) is 6.33 Å². The molecule has 0 fully saturated rings. The number of nitrogens with one attached hydrogen (secondary N) is 2. The standard InChI is InChI=1S/C22H25N5O2/c1-14(2)16-5-9-18(10-6-16)25-21-20(27(28)29)22(24-13-23-21)26-19-11-7-17(8-12-19)15(3)4/h5-15H,1-4H3,(H2,23,24,25,26). The Morgan fingerprint density at radius 1 is 0.759 bits per heavy atom. The van der Waals surface area contributed by atoms with Gasteiger partial charge in [0, 0.05) is 11.4 Å². The van der Waals surface area contributed by atoms with Crippen LogP contribution < -0.4 is 10.6 Å². The monoisotopic (exact) mass is 391 g/mol. The van der Waals surface area contributed by atoms with Crippen LogP contribution in [0.1, 0.15) is 50.7 Å². The molecule has 0 radical (unpaired) electrons. The van der Waals surface area contributed by atoms with Crippen LogP contribution in [0.5, 0.6) is 0 Å². The van der Waals surface area contributed by atoms with Crippen LogP contribution in [0.25, 0.3) is 0 Å². The van der Waals surface area contributed by atoms with Crippen molar-refractivity contribution in [2.24, 2.45) is 0 Å². The molecule has 0 saturated carbocycles. The first-order valence-corrected chi connectivity index (χ1v) is 9.58. The molecule has 0 saturated heterocycles. The SMILES string of the molecule is CC(C)c1ccc(Nc2ncnc(Nc3ccc(C(C)C)cc3)c2[N+](=O)[O-])cc1. The van der Waals surface area contributed by atoms with Gasteiger partial charge in [0.15, 0.2) is 0 Å². The number of hydrogen-bond acceptors (Lipinski definition) is 6. The number of anilines is 4. The third-order valence-electron chi connectivity index (χ3n) is 4.69. The predicted molar refractivity (Wildman–Crippen MR) is 116 cm³/mol.